The van der Waals surface area contributed by atoms with Crippen molar-refractivity contribution in [3.8, 4) is 0 Å². The number of rotatable bonds is 8. The van der Waals surface area contributed by atoms with Crippen LogP contribution in [0.1, 0.15) is 33.3 Å². The summed E-state index contributed by atoms with van der Waals surface area (Å²) in [6.45, 7) is 9.35. The molecule has 0 saturated carbocycles. The van der Waals surface area contributed by atoms with Crippen molar-refractivity contribution in [2.24, 2.45) is 0 Å². The molecule has 0 aliphatic carbocycles. The first-order chi connectivity index (χ1) is 9.77. The normalized spacial score (nSPS) is 12.6. The Morgan fingerprint density at radius 2 is 1.62 bits per heavy atom. The smallest absolute Gasteiger partial charge is 0.240 e. The van der Waals surface area contributed by atoms with Crippen molar-refractivity contribution in [3.05, 3.63) is 29.8 Å². The number of aliphatic hydroxyl groups is 1. The molecule has 0 unspecified atom stereocenters. The van der Waals surface area contributed by atoms with Crippen molar-refractivity contribution in [2.75, 3.05) is 13.1 Å². The van der Waals surface area contributed by atoms with Crippen LogP contribution in [0.15, 0.2) is 29.2 Å². The number of hydrogen-bond donors (Lipinski definition) is 2. The third-order valence-corrected chi connectivity index (χ3v) is 4.88. The third-order valence-electron chi connectivity index (χ3n) is 3.40. The third kappa shape index (κ3) is 5.39. The lowest BCUT2D eigenvalue weighted by atomic mass is 10.2. The Balaban J connectivity index is 2.64. The topological polar surface area (TPSA) is 69.6 Å². The van der Waals surface area contributed by atoms with Gasteiger partial charge in [0.1, 0.15) is 0 Å². The van der Waals surface area contributed by atoms with E-state index in [2.05, 4.69) is 37.3 Å². The van der Waals surface area contributed by atoms with Crippen molar-refractivity contribution in [1.29, 1.82) is 0 Å². The summed E-state index contributed by atoms with van der Waals surface area (Å²) in [6.07, 6.45) is 0. The maximum absolute atomic E-state index is 12.2. The van der Waals surface area contributed by atoms with E-state index >= 15 is 0 Å². The maximum atomic E-state index is 12.2. The van der Waals surface area contributed by atoms with Crippen molar-refractivity contribution < 1.29 is 13.5 Å². The van der Waals surface area contributed by atoms with E-state index in [0.717, 1.165) is 0 Å². The van der Waals surface area contributed by atoms with Gasteiger partial charge in [0.15, 0.2) is 0 Å². The van der Waals surface area contributed by atoms with E-state index in [1.165, 1.54) is 12.1 Å². The van der Waals surface area contributed by atoms with Crippen molar-refractivity contribution in [2.45, 2.75) is 51.3 Å². The lowest BCUT2D eigenvalue weighted by Gasteiger charge is -2.30. The van der Waals surface area contributed by atoms with Gasteiger partial charge in [0.2, 0.25) is 10.0 Å². The van der Waals surface area contributed by atoms with Gasteiger partial charge in [-0.05, 0) is 45.4 Å². The molecule has 120 valence electrons. The highest BCUT2D eigenvalue weighted by Crippen LogP contribution is 2.10. The van der Waals surface area contributed by atoms with Gasteiger partial charge in [-0.1, -0.05) is 12.1 Å². The van der Waals surface area contributed by atoms with Gasteiger partial charge < -0.3 is 5.11 Å². The van der Waals surface area contributed by atoms with Gasteiger partial charge in [0.25, 0.3) is 0 Å². The summed E-state index contributed by atoms with van der Waals surface area (Å²) in [4.78, 5) is 2.46. The van der Waals surface area contributed by atoms with Crippen LogP contribution in [0.5, 0.6) is 0 Å². The quantitative estimate of drug-likeness (QED) is 0.764. The zero-order chi connectivity index (χ0) is 16.0. The Hall–Kier alpha value is -0.950. The first kappa shape index (κ1) is 18.1. The number of aliphatic hydroxyl groups excluding tert-OH is 1. The molecule has 21 heavy (non-hydrogen) atoms. The molecular formula is C15H26N2O3S. The molecule has 0 bridgehead atoms. The average molecular weight is 314 g/mol. The van der Waals surface area contributed by atoms with Crippen LogP contribution in [0, 0.1) is 0 Å². The molecule has 1 rings (SSSR count). The van der Waals surface area contributed by atoms with E-state index in [0.29, 0.717) is 30.7 Å². The molecule has 0 atom stereocenters. The standard InChI is InChI=1S/C15H26N2O3S/c1-12(2)17(13(3)4)10-9-16-21(19,20)15-7-5-14(11-18)6-8-15/h5-8,12-13,16,18H,9-11H2,1-4H3. The second-order valence-corrected chi connectivity index (χ2v) is 7.39. The lowest BCUT2D eigenvalue weighted by molar-refractivity contribution is 0.179. The summed E-state index contributed by atoms with van der Waals surface area (Å²) in [5.41, 5.74) is 0.694. The van der Waals surface area contributed by atoms with Gasteiger partial charge in [-0.2, -0.15) is 0 Å². The Morgan fingerprint density at radius 1 is 1.10 bits per heavy atom. The number of hydrogen-bond acceptors (Lipinski definition) is 4. The maximum Gasteiger partial charge on any atom is 0.240 e. The molecule has 0 fully saturated rings. The van der Waals surface area contributed by atoms with Gasteiger partial charge in [-0.15, -0.1) is 0 Å². The summed E-state index contributed by atoms with van der Waals surface area (Å²) in [6, 6.07) is 7.00. The Kier molecular flexibility index (Phi) is 6.80. The predicted octanol–water partition coefficient (Wildman–Crippen LogP) is 1.58. The summed E-state index contributed by atoms with van der Waals surface area (Å²) in [5, 5.41) is 8.97. The van der Waals surface area contributed by atoms with Gasteiger partial charge in [-0.3, -0.25) is 4.90 Å². The predicted molar refractivity (Wildman–Crippen MR) is 84.5 cm³/mol. The fourth-order valence-electron chi connectivity index (χ4n) is 2.28. The van der Waals surface area contributed by atoms with Crippen molar-refractivity contribution in [1.82, 2.24) is 9.62 Å². The first-order valence-corrected chi connectivity index (χ1v) is 8.71. The Labute approximate surface area is 128 Å². The second kappa shape index (κ2) is 7.89. The molecule has 0 aliphatic heterocycles. The molecule has 2 N–H and O–H groups in total. The molecular weight excluding hydrogens is 288 g/mol. The highest BCUT2D eigenvalue weighted by Gasteiger charge is 2.16. The van der Waals surface area contributed by atoms with Crippen LogP contribution in [-0.4, -0.2) is 43.6 Å². The number of benzene rings is 1. The molecule has 6 heteroatoms. The lowest BCUT2D eigenvalue weighted by Crippen LogP contribution is -2.42. The Bertz CT molecular complexity index is 516. The van der Waals surface area contributed by atoms with Crippen LogP contribution >= 0.6 is 0 Å². The molecule has 0 heterocycles. The molecule has 0 amide bonds. The van der Waals surface area contributed by atoms with E-state index in [1.54, 1.807) is 12.1 Å². The van der Waals surface area contributed by atoms with Crippen LogP contribution in [0.3, 0.4) is 0 Å². The molecule has 0 radical (unpaired) electrons. The first-order valence-electron chi connectivity index (χ1n) is 7.23. The zero-order valence-electron chi connectivity index (χ0n) is 13.2. The largest absolute Gasteiger partial charge is 0.392 e. The highest BCUT2D eigenvalue weighted by atomic mass is 32.2. The molecule has 0 saturated heterocycles. The minimum absolute atomic E-state index is 0.0918. The summed E-state index contributed by atoms with van der Waals surface area (Å²) < 4.78 is 26.9. The zero-order valence-corrected chi connectivity index (χ0v) is 14.0. The monoisotopic (exact) mass is 314 g/mol. The minimum Gasteiger partial charge on any atom is -0.392 e. The second-order valence-electron chi connectivity index (χ2n) is 5.63. The Morgan fingerprint density at radius 3 is 2.05 bits per heavy atom. The van der Waals surface area contributed by atoms with E-state index in [-0.39, 0.29) is 11.5 Å². The van der Waals surface area contributed by atoms with Crippen molar-refractivity contribution in [3.63, 3.8) is 0 Å². The molecule has 1 aromatic carbocycles. The van der Waals surface area contributed by atoms with Crippen LogP contribution in [-0.2, 0) is 16.6 Å². The fourth-order valence-corrected chi connectivity index (χ4v) is 3.30. The SMILES string of the molecule is CC(C)N(CCNS(=O)(=O)c1ccc(CO)cc1)C(C)C. The van der Waals surface area contributed by atoms with Crippen LogP contribution in [0.4, 0.5) is 0 Å². The van der Waals surface area contributed by atoms with Gasteiger partial charge in [-0.25, -0.2) is 13.1 Å². The van der Waals surface area contributed by atoms with E-state index in [4.69, 9.17) is 5.11 Å². The van der Waals surface area contributed by atoms with Gasteiger partial charge in [0, 0.05) is 25.2 Å². The molecule has 1 aromatic rings. The molecule has 0 aliphatic rings. The average Bonchev–Trinajstić information content (AvgIpc) is 2.42. The van der Waals surface area contributed by atoms with Crippen LogP contribution < -0.4 is 4.72 Å². The van der Waals surface area contributed by atoms with Gasteiger partial charge >= 0.3 is 0 Å². The van der Waals surface area contributed by atoms with E-state index < -0.39 is 10.0 Å². The number of sulfonamides is 1. The molecule has 0 aromatic heterocycles. The number of nitrogens with zero attached hydrogens (tertiary/aromatic N) is 1. The van der Waals surface area contributed by atoms with Crippen LogP contribution in [0.2, 0.25) is 0 Å². The summed E-state index contributed by atoms with van der Waals surface area (Å²) in [5.74, 6) is 0. The van der Waals surface area contributed by atoms with Crippen molar-refractivity contribution >= 4 is 10.0 Å². The van der Waals surface area contributed by atoms with E-state index in [1.807, 2.05) is 0 Å². The van der Waals surface area contributed by atoms with Crippen LogP contribution in [0.25, 0.3) is 0 Å². The van der Waals surface area contributed by atoms with Gasteiger partial charge in [0.05, 0.1) is 11.5 Å². The minimum atomic E-state index is -3.49. The summed E-state index contributed by atoms with van der Waals surface area (Å²) in [7, 11) is -3.49. The summed E-state index contributed by atoms with van der Waals surface area (Å²) >= 11 is 0. The fraction of sp³-hybridized carbons (Fsp3) is 0.600. The van der Waals surface area contributed by atoms with E-state index in [9.17, 15) is 8.42 Å². The highest BCUT2D eigenvalue weighted by molar-refractivity contribution is 7.89. The molecule has 5 nitrogen and oxygen atoms in total. The molecule has 0 spiro atoms. The number of nitrogens with one attached hydrogen (secondary N) is 1.